The second-order valence-corrected chi connectivity index (χ2v) is 10.6. The Kier molecular flexibility index (Phi) is 3.85. The molecule has 6 aliphatic rings. The first kappa shape index (κ1) is 20.5. The molecule has 8 rings (SSSR count). The molecule has 2 aliphatic heterocycles. The summed E-state index contributed by atoms with van der Waals surface area (Å²) in [7, 11) is 5.72. The van der Waals surface area contributed by atoms with Gasteiger partial charge in [0.05, 0.1) is 17.4 Å². The molecule has 2 aromatic rings. The van der Waals surface area contributed by atoms with Crippen LogP contribution in [0.1, 0.15) is 35.4 Å². The summed E-state index contributed by atoms with van der Waals surface area (Å²) in [6, 6.07) is 11.6. The highest BCUT2D eigenvalue weighted by atomic mass is 16.6. The number of nitrogens with zero attached hydrogens (tertiary/aromatic N) is 2. The van der Waals surface area contributed by atoms with E-state index >= 15 is 0 Å². The largest absolute Gasteiger partial charge is 0.493 e. The first-order valence-electron chi connectivity index (χ1n) is 12.0. The number of ether oxygens (including phenoxy) is 3. The maximum atomic E-state index is 11.3. The normalized spacial score (nSPS) is 38.4. The molecule has 4 bridgehead atoms. The molecule has 6 atom stereocenters. The Morgan fingerprint density at radius 1 is 1.15 bits per heavy atom. The minimum absolute atomic E-state index is 0.0253. The van der Waals surface area contributed by atoms with Gasteiger partial charge < -0.3 is 19.1 Å². The first-order chi connectivity index (χ1) is 16.4. The van der Waals surface area contributed by atoms with Crippen LogP contribution in [0.4, 0.5) is 5.69 Å². The van der Waals surface area contributed by atoms with Crippen LogP contribution in [0.25, 0.3) is 0 Å². The third-order valence-electron chi connectivity index (χ3n) is 9.78. The number of nitro groups is 1. The maximum absolute atomic E-state index is 11.3. The highest BCUT2D eigenvalue weighted by Gasteiger charge is 2.79. The predicted octanol–water partition coefficient (Wildman–Crippen LogP) is 3.99. The van der Waals surface area contributed by atoms with E-state index in [2.05, 4.69) is 30.2 Å². The first-order valence-corrected chi connectivity index (χ1v) is 12.0. The number of rotatable bonds is 4. The number of likely N-dealkylation sites (tertiary alicyclic amines) is 1. The van der Waals surface area contributed by atoms with Crippen LogP contribution in [0.3, 0.4) is 0 Å². The second kappa shape index (κ2) is 6.40. The van der Waals surface area contributed by atoms with Gasteiger partial charge in [-0.15, -0.1) is 0 Å². The Morgan fingerprint density at radius 3 is 2.65 bits per heavy atom. The van der Waals surface area contributed by atoms with E-state index in [0.29, 0.717) is 6.04 Å². The third kappa shape index (κ3) is 2.04. The average molecular weight is 461 g/mol. The van der Waals surface area contributed by atoms with Crippen LogP contribution in [0.5, 0.6) is 11.5 Å². The quantitative estimate of drug-likeness (QED) is 0.390. The predicted molar refractivity (Wildman–Crippen MR) is 126 cm³/mol. The van der Waals surface area contributed by atoms with Crippen molar-refractivity contribution >= 4 is 5.69 Å². The zero-order chi connectivity index (χ0) is 23.5. The van der Waals surface area contributed by atoms with Crippen LogP contribution in [0.15, 0.2) is 48.6 Å². The lowest BCUT2D eigenvalue weighted by Gasteiger charge is -2.71. The van der Waals surface area contributed by atoms with E-state index in [4.69, 9.17) is 14.2 Å². The second-order valence-electron chi connectivity index (χ2n) is 10.6. The van der Waals surface area contributed by atoms with Gasteiger partial charge in [0.1, 0.15) is 11.7 Å². The van der Waals surface area contributed by atoms with Crippen molar-refractivity contribution in [1.29, 1.82) is 0 Å². The van der Waals surface area contributed by atoms with E-state index in [1.807, 2.05) is 18.2 Å². The molecule has 2 heterocycles. The monoisotopic (exact) mass is 460 g/mol. The van der Waals surface area contributed by atoms with Gasteiger partial charge in [-0.2, -0.15) is 0 Å². The van der Waals surface area contributed by atoms with Gasteiger partial charge in [-0.05, 0) is 50.0 Å². The van der Waals surface area contributed by atoms with E-state index in [9.17, 15) is 10.1 Å². The molecule has 176 valence electrons. The van der Waals surface area contributed by atoms with E-state index < -0.39 is 5.60 Å². The molecule has 7 nitrogen and oxygen atoms in total. The summed E-state index contributed by atoms with van der Waals surface area (Å²) in [6.07, 6.45) is 7.39. The van der Waals surface area contributed by atoms with Crippen molar-refractivity contribution in [2.45, 2.75) is 48.3 Å². The Balaban J connectivity index is 1.48. The minimum atomic E-state index is -0.670. The van der Waals surface area contributed by atoms with Crippen molar-refractivity contribution in [3.63, 3.8) is 0 Å². The molecule has 1 saturated heterocycles. The molecule has 1 saturated carbocycles. The molecular formula is C27H28N2O5. The summed E-state index contributed by atoms with van der Waals surface area (Å²) >= 11 is 0. The van der Waals surface area contributed by atoms with Gasteiger partial charge in [-0.25, -0.2) is 0 Å². The number of hydrogen-bond donors (Lipinski definition) is 0. The molecule has 7 heteroatoms. The summed E-state index contributed by atoms with van der Waals surface area (Å²) < 4.78 is 19.2. The lowest BCUT2D eigenvalue weighted by molar-refractivity contribution is -0.384. The molecule has 2 spiro atoms. The molecular weight excluding hydrogens is 432 g/mol. The number of piperidine rings is 1. The smallest absolute Gasteiger partial charge is 0.269 e. The van der Waals surface area contributed by atoms with Gasteiger partial charge >= 0.3 is 0 Å². The molecule has 34 heavy (non-hydrogen) atoms. The fourth-order valence-corrected chi connectivity index (χ4v) is 8.41. The zero-order valence-corrected chi connectivity index (χ0v) is 19.6. The van der Waals surface area contributed by atoms with Gasteiger partial charge in [0.25, 0.3) is 5.69 Å². The van der Waals surface area contributed by atoms with Crippen LogP contribution in [-0.4, -0.2) is 55.4 Å². The summed E-state index contributed by atoms with van der Waals surface area (Å²) in [6.45, 7) is 1.01. The van der Waals surface area contributed by atoms with Crippen molar-refractivity contribution in [2.75, 3.05) is 27.8 Å². The Morgan fingerprint density at radius 2 is 1.94 bits per heavy atom. The Bertz CT molecular complexity index is 1260. The van der Waals surface area contributed by atoms with Crippen LogP contribution in [-0.2, 0) is 16.6 Å². The molecule has 6 unspecified atom stereocenters. The van der Waals surface area contributed by atoms with E-state index in [1.165, 1.54) is 11.1 Å². The van der Waals surface area contributed by atoms with Crippen molar-refractivity contribution in [1.82, 2.24) is 4.90 Å². The average Bonchev–Trinajstić information content (AvgIpc) is 3.23. The summed E-state index contributed by atoms with van der Waals surface area (Å²) in [5.41, 5.74) is 2.90. The third-order valence-corrected chi connectivity index (χ3v) is 9.78. The molecule has 0 radical (unpaired) electrons. The topological polar surface area (TPSA) is 74.1 Å². The minimum Gasteiger partial charge on any atom is -0.493 e. The fraction of sp³-hybridized carbons (Fsp3) is 0.481. The Labute approximate surface area is 198 Å². The Hall–Kier alpha value is -2.90. The summed E-state index contributed by atoms with van der Waals surface area (Å²) in [4.78, 5) is 13.5. The van der Waals surface area contributed by atoms with Gasteiger partial charge in [0.15, 0.2) is 11.5 Å². The molecule has 0 amide bonds. The van der Waals surface area contributed by atoms with Crippen LogP contribution in [0, 0.1) is 15.5 Å². The van der Waals surface area contributed by atoms with Gasteiger partial charge in [-0.1, -0.05) is 30.4 Å². The highest BCUT2D eigenvalue weighted by Crippen LogP contribution is 2.75. The number of fused-ring (bicyclic) bond motifs is 1. The van der Waals surface area contributed by atoms with Crippen molar-refractivity contribution < 1.29 is 19.1 Å². The highest BCUT2D eigenvalue weighted by molar-refractivity contribution is 5.66. The SMILES string of the molecule is COc1ccc2c3c1OC1C4(OC)C=CC5(CC4c4ccc([N+](=O)[O-])cc4)C(C2)N(C)CCC315. The molecule has 2 aromatic carbocycles. The van der Waals surface area contributed by atoms with Crippen LogP contribution >= 0.6 is 0 Å². The van der Waals surface area contributed by atoms with Gasteiger partial charge in [-0.3, -0.25) is 10.1 Å². The lowest BCUT2D eigenvalue weighted by Crippen LogP contribution is -2.78. The number of methoxy groups -OCH3 is 2. The summed E-state index contributed by atoms with van der Waals surface area (Å²) in [5, 5.41) is 11.3. The zero-order valence-electron chi connectivity index (χ0n) is 19.6. The van der Waals surface area contributed by atoms with E-state index in [0.717, 1.165) is 42.9 Å². The van der Waals surface area contributed by atoms with Crippen molar-refractivity contribution in [2.24, 2.45) is 5.41 Å². The fourth-order valence-electron chi connectivity index (χ4n) is 8.41. The molecule has 4 aliphatic carbocycles. The summed E-state index contributed by atoms with van der Waals surface area (Å²) in [5.74, 6) is 1.69. The molecule has 2 fully saturated rings. The van der Waals surface area contributed by atoms with Crippen molar-refractivity contribution in [3.8, 4) is 11.5 Å². The van der Waals surface area contributed by atoms with Crippen molar-refractivity contribution in [3.05, 3.63) is 75.4 Å². The maximum Gasteiger partial charge on any atom is 0.269 e. The van der Waals surface area contributed by atoms with Crippen LogP contribution < -0.4 is 9.47 Å². The van der Waals surface area contributed by atoms with Gasteiger partial charge in [0, 0.05) is 42.2 Å². The lowest BCUT2D eigenvalue weighted by atomic mass is 9.37. The number of non-ortho nitro benzene ring substituents is 1. The van der Waals surface area contributed by atoms with Gasteiger partial charge in [0.2, 0.25) is 0 Å². The van der Waals surface area contributed by atoms with E-state index in [1.54, 1.807) is 26.4 Å². The molecule has 0 aromatic heterocycles. The number of hydrogen-bond acceptors (Lipinski definition) is 6. The standard InChI is InChI=1S/C27H28N2O5/c1-28-13-12-26-22-17-6-9-20(32-2)23(22)34-24(26)27(33-3)11-10-25(26,21(28)14-17)15-19(27)16-4-7-18(8-5-16)29(30)31/h4-11,19,21,24H,12-15H2,1-3H3. The van der Waals surface area contributed by atoms with E-state index in [-0.39, 0.29) is 33.5 Å². The molecule has 0 N–H and O–H groups in total. The number of nitro benzene ring substituents is 1. The van der Waals surface area contributed by atoms with Crippen LogP contribution in [0.2, 0.25) is 0 Å². The number of benzene rings is 2. The number of likely N-dealkylation sites (N-methyl/N-ethyl adjacent to an activating group) is 1.